The van der Waals surface area contributed by atoms with Gasteiger partial charge in [-0.15, -0.1) is 11.8 Å². The zero-order chi connectivity index (χ0) is 24.6. The summed E-state index contributed by atoms with van der Waals surface area (Å²) in [5.74, 6) is 1.58. The maximum Gasteiger partial charge on any atom is 0.310 e. The van der Waals surface area contributed by atoms with E-state index in [0.29, 0.717) is 5.92 Å². The SMILES string of the molecule is COC(=O)[C@H]1CN(CCSc2cccc(F)c2)CC[C@H]1CCCc1ccnc2ccc(OC)cc12. The highest BCUT2D eigenvalue weighted by Crippen LogP contribution is 2.31. The van der Waals surface area contributed by atoms with E-state index in [1.807, 2.05) is 24.4 Å². The second-order valence-corrected chi connectivity index (χ2v) is 10.2. The van der Waals surface area contributed by atoms with Crippen molar-refractivity contribution in [3.63, 3.8) is 0 Å². The van der Waals surface area contributed by atoms with Gasteiger partial charge in [-0.05, 0) is 86.2 Å². The number of thioether (sulfide) groups is 1. The van der Waals surface area contributed by atoms with Crippen molar-refractivity contribution in [3.8, 4) is 5.75 Å². The smallest absolute Gasteiger partial charge is 0.310 e. The molecule has 1 aromatic heterocycles. The quantitative estimate of drug-likeness (QED) is 0.269. The normalized spacial score (nSPS) is 18.5. The monoisotopic (exact) mass is 496 g/mol. The minimum Gasteiger partial charge on any atom is -0.497 e. The van der Waals surface area contributed by atoms with Crippen LogP contribution in [0.4, 0.5) is 4.39 Å². The molecule has 186 valence electrons. The molecule has 0 aliphatic carbocycles. The Labute approximate surface area is 211 Å². The first-order valence-electron chi connectivity index (χ1n) is 12.2. The number of hydrogen-bond donors (Lipinski definition) is 0. The van der Waals surface area contributed by atoms with Crippen molar-refractivity contribution in [2.24, 2.45) is 11.8 Å². The number of hydrogen-bond acceptors (Lipinski definition) is 6. The van der Waals surface area contributed by atoms with Crippen molar-refractivity contribution in [1.29, 1.82) is 0 Å². The number of pyridine rings is 1. The summed E-state index contributed by atoms with van der Waals surface area (Å²) in [7, 11) is 3.16. The molecule has 1 saturated heterocycles. The fraction of sp³-hybridized carbons (Fsp3) is 0.429. The second-order valence-electron chi connectivity index (χ2n) is 9.03. The van der Waals surface area contributed by atoms with Gasteiger partial charge in [-0.25, -0.2) is 4.39 Å². The number of benzene rings is 2. The van der Waals surface area contributed by atoms with E-state index in [2.05, 4.69) is 22.0 Å². The largest absolute Gasteiger partial charge is 0.497 e. The number of methoxy groups -OCH3 is 2. The lowest BCUT2D eigenvalue weighted by atomic mass is 9.81. The van der Waals surface area contributed by atoms with Crippen LogP contribution < -0.4 is 4.74 Å². The number of aryl methyl sites for hydroxylation is 1. The molecular formula is C28H33FN2O3S. The van der Waals surface area contributed by atoms with Gasteiger partial charge in [-0.1, -0.05) is 6.07 Å². The summed E-state index contributed by atoms with van der Waals surface area (Å²) in [5, 5.41) is 1.13. The molecule has 35 heavy (non-hydrogen) atoms. The molecule has 0 amide bonds. The molecule has 4 rings (SSSR count). The van der Waals surface area contributed by atoms with E-state index in [1.165, 1.54) is 18.7 Å². The lowest BCUT2D eigenvalue weighted by Crippen LogP contribution is -2.45. The lowest BCUT2D eigenvalue weighted by Gasteiger charge is -2.37. The average Bonchev–Trinajstić information content (AvgIpc) is 2.88. The van der Waals surface area contributed by atoms with Crippen molar-refractivity contribution < 1.29 is 18.7 Å². The van der Waals surface area contributed by atoms with Crippen LogP contribution in [0.25, 0.3) is 10.9 Å². The molecule has 3 aromatic rings. The third-order valence-electron chi connectivity index (χ3n) is 6.88. The molecule has 0 spiro atoms. The number of carbonyl (C=O) groups is 1. The average molecular weight is 497 g/mol. The van der Waals surface area contributed by atoms with E-state index in [4.69, 9.17) is 9.47 Å². The first kappa shape index (κ1) is 25.5. The minimum atomic E-state index is -0.208. The Morgan fingerprint density at radius 2 is 2.09 bits per heavy atom. The first-order valence-corrected chi connectivity index (χ1v) is 13.2. The van der Waals surface area contributed by atoms with E-state index in [1.54, 1.807) is 31.0 Å². The van der Waals surface area contributed by atoms with Crippen LogP contribution in [0.1, 0.15) is 24.8 Å². The molecule has 0 saturated carbocycles. The number of rotatable bonds is 10. The summed E-state index contributed by atoms with van der Waals surface area (Å²) in [4.78, 5) is 20.4. The number of carbonyl (C=O) groups excluding carboxylic acids is 1. The molecule has 0 unspecified atom stereocenters. The van der Waals surface area contributed by atoms with Crippen molar-refractivity contribution in [2.45, 2.75) is 30.6 Å². The van der Waals surface area contributed by atoms with E-state index in [-0.39, 0.29) is 17.7 Å². The Morgan fingerprint density at radius 3 is 2.89 bits per heavy atom. The van der Waals surface area contributed by atoms with Gasteiger partial charge in [-0.3, -0.25) is 9.78 Å². The summed E-state index contributed by atoms with van der Waals surface area (Å²) in [5.41, 5.74) is 2.23. The zero-order valence-electron chi connectivity index (χ0n) is 20.4. The Kier molecular flexibility index (Phi) is 8.99. The van der Waals surface area contributed by atoms with Crippen molar-refractivity contribution in [3.05, 3.63) is 66.1 Å². The number of likely N-dealkylation sites (tertiary alicyclic amines) is 1. The zero-order valence-corrected chi connectivity index (χ0v) is 21.2. The predicted octanol–water partition coefficient (Wildman–Crippen LogP) is 5.61. The highest BCUT2D eigenvalue weighted by Gasteiger charge is 2.34. The standard InChI is InChI=1S/C28H33FN2O3S/c1-33-23-9-10-27-25(18-23)20(11-13-30-27)5-3-6-21-12-14-31(19-26(21)28(32)34-2)15-16-35-24-8-4-7-22(29)17-24/h4,7-11,13,17-18,21,26H,3,5-6,12,14-16,19H2,1-2H3/t21-,26+/m1/s1. The summed E-state index contributed by atoms with van der Waals surface area (Å²) in [6, 6.07) is 14.8. The summed E-state index contributed by atoms with van der Waals surface area (Å²) < 4.78 is 24.0. The predicted molar refractivity (Wildman–Crippen MR) is 138 cm³/mol. The van der Waals surface area contributed by atoms with Crippen molar-refractivity contribution >= 4 is 28.6 Å². The third-order valence-corrected chi connectivity index (χ3v) is 7.85. The van der Waals surface area contributed by atoms with Gasteiger partial charge in [0, 0.05) is 35.3 Å². The van der Waals surface area contributed by atoms with Crippen LogP contribution in [0.5, 0.6) is 5.75 Å². The van der Waals surface area contributed by atoms with Crippen LogP contribution in [0.15, 0.2) is 59.6 Å². The number of esters is 1. The molecule has 2 atom stereocenters. The molecule has 2 heterocycles. The van der Waals surface area contributed by atoms with Gasteiger partial charge >= 0.3 is 5.97 Å². The third kappa shape index (κ3) is 6.73. The molecule has 7 heteroatoms. The Morgan fingerprint density at radius 1 is 1.20 bits per heavy atom. The molecule has 0 radical (unpaired) electrons. The van der Waals surface area contributed by atoms with Crippen molar-refractivity contribution in [2.75, 3.05) is 39.6 Å². The molecule has 1 aliphatic rings. The molecule has 0 N–H and O–H groups in total. The number of halogens is 1. The fourth-order valence-corrected chi connectivity index (χ4v) is 5.92. The fourth-order valence-electron chi connectivity index (χ4n) is 4.97. The summed E-state index contributed by atoms with van der Waals surface area (Å²) >= 11 is 1.65. The molecule has 2 aromatic carbocycles. The molecular weight excluding hydrogens is 463 g/mol. The number of aromatic nitrogens is 1. The van der Waals surface area contributed by atoms with Gasteiger partial charge in [0.2, 0.25) is 0 Å². The highest BCUT2D eigenvalue weighted by atomic mass is 32.2. The van der Waals surface area contributed by atoms with E-state index in [0.717, 1.165) is 72.6 Å². The van der Waals surface area contributed by atoms with Gasteiger partial charge in [0.15, 0.2) is 0 Å². The van der Waals surface area contributed by atoms with Gasteiger partial charge in [-0.2, -0.15) is 0 Å². The number of nitrogens with zero attached hydrogens (tertiary/aromatic N) is 2. The molecule has 5 nitrogen and oxygen atoms in total. The van der Waals surface area contributed by atoms with Gasteiger partial charge in [0.25, 0.3) is 0 Å². The maximum absolute atomic E-state index is 13.4. The van der Waals surface area contributed by atoms with Gasteiger partial charge < -0.3 is 14.4 Å². The molecule has 1 fully saturated rings. The van der Waals surface area contributed by atoms with Gasteiger partial charge in [0.1, 0.15) is 11.6 Å². The summed E-state index contributed by atoms with van der Waals surface area (Å²) in [6.45, 7) is 2.56. The topological polar surface area (TPSA) is 51.7 Å². The minimum absolute atomic E-state index is 0.109. The Hall–Kier alpha value is -2.64. The van der Waals surface area contributed by atoms with Crippen LogP contribution in [-0.2, 0) is 16.0 Å². The Bertz CT molecular complexity index is 1140. The van der Waals surface area contributed by atoms with Crippen LogP contribution in [0, 0.1) is 17.7 Å². The number of ether oxygens (including phenoxy) is 2. The molecule has 0 bridgehead atoms. The maximum atomic E-state index is 13.4. The highest BCUT2D eigenvalue weighted by molar-refractivity contribution is 7.99. The second kappa shape index (κ2) is 12.4. The number of fused-ring (bicyclic) bond motifs is 1. The summed E-state index contributed by atoms with van der Waals surface area (Å²) in [6.07, 6.45) is 5.77. The van der Waals surface area contributed by atoms with Gasteiger partial charge in [0.05, 0.1) is 25.7 Å². The number of piperidine rings is 1. The first-order chi connectivity index (χ1) is 17.1. The van der Waals surface area contributed by atoms with Crippen LogP contribution in [0.3, 0.4) is 0 Å². The van der Waals surface area contributed by atoms with Crippen LogP contribution in [0.2, 0.25) is 0 Å². The van der Waals surface area contributed by atoms with E-state index in [9.17, 15) is 9.18 Å². The molecule has 1 aliphatic heterocycles. The van der Waals surface area contributed by atoms with E-state index < -0.39 is 0 Å². The van der Waals surface area contributed by atoms with Crippen LogP contribution in [-0.4, -0.2) is 55.5 Å². The van der Waals surface area contributed by atoms with Crippen molar-refractivity contribution in [1.82, 2.24) is 9.88 Å². The van der Waals surface area contributed by atoms with Crippen LogP contribution >= 0.6 is 11.8 Å². The van der Waals surface area contributed by atoms with E-state index >= 15 is 0 Å². The lowest BCUT2D eigenvalue weighted by molar-refractivity contribution is -0.149. The Balaban J connectivity index is 1.31.